The number of aromatic nitrogens is 1. The first-order valence-corrected chi connectivity index (χ1v) is 10.2. The van der Waals surface area contributed by atoms with Gasteiger partial charge in [-0.1, -0.05) is 13.0 Å². The van der Waals surface area contributed by atoms with Crippen LogP contribution in [0.3, 0.4) is 0 Å². The summed E-state index contributed by atoms with van der Waals surface area (Å²) >= 11 is 0. The second kappa shape index (κ2) is 8.01. The lowest BCUT2D eigenvalue weighted by Crippen LogP contribution is -2.37. The predicted molar refractivity (Wildman–Crippen MR) is 102 cm³/mol. The van der Waals surface area contributed by atoms with E-state index in [-0.39, 0.29) is 16.3 Å². The first-order valence-electron chi connectivity index (χ1n) is 8.79. The van der Waals surface area contributed by atoms with Gasteiger partial charge in [-0.25, -0.2) is 8.42 Å². The number of pyridine rings is 1. The minimum atomic E-state index is -3.73. The first-order chi connectivity index (χ1) is 12.9. The molecule has 1 aliphatic heterocycles. The minimum absolute atomic E-state index is 0.0457. The fraction of sp³-hybridized carbons (Fsp3) is 0.389. The van der Waals surface area contributed by atoms with Crippen LogP contribution in [0, 0.1) is 16.0 Å². The van der Waals surface area contributed by atoms with Gasteiger partial charge in [0.2, 0.25) is 10.0 Å². The number of nitrogens with one attached hydrogen (secondary N) is 1. The highest BCUT2D eigenvalue weighted by molar-refractivity contribution is 7.89. The molecule has 8 nitrogen and oxygen atoms in total. The molecule has 0 radical (unpaired) electrons. The molecule has 0 bridgehead atoms. The van der Waals surface area contributed by atoms with Gasteiger partial charge in [0.05, 0.1) is 9.82 Å². The van der Waals surface area contributed by atoms with Gasteiger partial charge in [0, 0.05) is 38.1 Å². The lowest BCUT2D eigenvalue weighted by Gasteiger charge is -2.29. The Morgan fingerprint density at radius 1 is 1.30 bits per heavy atom. The highest BCUT2D eigenvalue weighted by atomic mass is 32.2. The third kappa shape index (κ3) is 4.42. The Bertz CT molecular complexity index is 910. The van der Waals surface area contributed by atoms with Crippen LogP contribution >= 0.6 is 0 Å². The van der Waals surface area contributed by atoms with E-state index in [4.69, 9.17) is 0 Å². The molecular weight excluding hydrogens is 368 g/mol. The van der Waals surface area contributed by atoms with Crippen molar-refractivity contribution < 1.29 is 13.3 Å². The van der Waals surface area contributed by atoms with Crippen molar-refractivity contribution in [3.63, 3.8) is 0 Å². The second-order valence-electron chi connectivity index (χ2n) is 6.74. The van der Waals surface area contributed by atoms with Gasteiger partial charge in [0.1, 0.15) is 5.69 Å². The summed E-state index contributed by atoms with van der Waals surface area (Å²) < 4.78 is 27.1. The molecule has 3 rings (SSSR count). The van der Waals surface area contributed by atoms with E-state index in [2.05, 4.69) is 17.2 Å². The molecular formula is C18H22N4O4S. The van der Waals surface area contributed by atoms with Gasteiger partial charge in [-0.15, -0.1) is 0 Å². The third-order valence-corrected chi connectivity index (χ3v) is 6.65. The summed E-state index contributed by atoms with van der Waals surface area (Å²) in [4.78, 5) is 14.9. The summed E-state index contributed by atoms with van der Waals surface area (Å²) in [6.45, 7) is 3.33. The lowest BCUT2D eigenvalue weighted by molar-refractivity contribution is -0.384. The van der Waals surface area contributed by atoms with Crippen LogP contribution < -0.4 is 5.32 Å². The molecule has 0 spiro atoms. The van der Waals surface area contributed by atoms with E-state index < -0.39 is 14.9 Å². The molecule has 2 heterocycles. The maximum atomic E-state index is 12.8. The smallest absolute Gasteiger partial charge is 0.293 e. The number of nitro groups is 1. The van der Waals surface area contributed by atoms with Crippen molar-refractivity contribution in [2.75, 3.05) is 18.4 Å². The molecule has 0 amide bonds. The number of anilines is 1. The Morgan fingerprint density at radius 3 is 2.67 bits per heavy atom. The highest BCUT2D eigenvalue weighted by Gasteiger charge is 2.30. The normalized spacial score (nSPS) is 16.2. The number of nitrogens with zero attached hydrogens (tertiary/aromatic N) is 3. The maximum Gasteiger partial charge on any atom is 0.293 e. The molecule has 144 valence electrons. The molecule has 0 atom stereocenters. The van der Waals surface area contributed by atoms with Gasteiger partial charge in [-0.05, 0) is 42.5 Å². The SMILES string of the molecule is CC1CCN(S(=O)(=O)c2ccc(NCc3cccnc3)c([N+](=O)[O-])c2)CC1. The number of rotatable bonds is 6. The van der Waals surface area contributed by atoms with Crippen LogP contribution in [0.1, 0.15) is 25.3 Å². The third-order valence-electron chi connectivity index (χ3n) is 4.75. The minimum Gasteiger partial charge on any atom is -0.375 e. The Balaban J connectivity index is 1.83. The quantitative estimate of drug-likeness (QED) is 0.600. The van der Waals surface area contributed by atoms with Gasteiger partial charge >= 0.3 is 0 Å². The molecule has 9 heteroatoms. The second-order valence-corrected chi connectivity index (χ2v) is 8.68. The molecule has 1 N–H and O–H groups in total. The first kappa shape index (κ1) is 19.2. The Kier molecular flexibility index (Phi) is 5.71. The highest BCUT2D eigenvalue weighted by Crippen LogP contribution is 2.30. The molecule has 2 aromatic rings. The van der Waals surface area contributed by atoms with E-state index in [1.165, 1.54) is 16.4 Å². The van der Waals surface area contributed by atoms with E-state index in [0.29, 0.717) is 25.6 Å². The fourth-order valence-corrected chi connectivity index (χ4v) is 4.54. The number of nitro benzene ring substituents is 1. The van der Waals surface area contributed by atoms with Crippen LogP contribution in [0.2, 0.25) is 0 Å². The van der Waals surface area contributed by atoms with E-state index >= 15 is 0 Å². The number of hydrogen-bond acceptors (Lipinski definition) is 6. The van der Waals surface area contributed by atoms with E-state index in [1.54, 1.807) is 18.5 Å². The van der Waals surface area contributed by atoms with Crippen LogP contribution in [0.15, 0.2) is 47.6 Å². The van der Waals surface area contributed by atoms with Gasteiger partial charge < -0.3 is 5.32 Å². The molecule has 1 aromatic carbocycles. The zero-order valence-electron chi connectivity index (χ0n) is 15.0. The summed E-state index contributed by atoms with van der Waals surface area (Å²) in [5, 5.41) is 14.5. The summed E-state index contributed by atoms with van der Waals surface area (Å²) in [7, 11) is -3.73. The van der Waals surface area contributed by atoms with Crippen LogP contribution in [0.4, 0.5) is 11.4 Å². The van der Waals surface area contributed by atoms with Gasteiger partial charge in [0.15, 0.2) is 0 Å². The molecule has 0 saturated carbocycles. The number of sulfonamides is 1. The summed E-state index contributed by atoms with van der Waals surface area (Å²) in [5.41, 5.74) is 0.881. The van der Waals surface area contributed by atoms with Crippen LogP contribution in [-0.4, -0.2) is 35.7 Å². The van der Waals surface area contributed by atoms with Crippen LogP contribution in [-0.2, 0) is 16.6 Å². The fourth-order valence-electron chi connectivity index (χ4n) is 3.05. The lowest BCUT2D eigenvalue weighted by atomic mass is 10.0. The van der Waals surface area contributed by atoms with Crippen molar-refractivity contribution in [1.29, 1.82) is 0 Å². The number of benzene rings is 1. The van der Waals surface area contributed by atoms with Gasteiger partial charge in [-0.3, -0.25) is 15.1 Å². The van der Waals surface area contributed by atoms with Crippen molar-refractivity contribution >= 4 is 21.4 Å². The monoisotopic (exact) mass is 390 g/mol. The number of piperidine rings is 1. The van der Waals surface area contributed by atoms with Crippen LogP contribution in [0.25, 0.3) is 0 Å². The van der Waals surface area contributed by atoms with Gasteiger partial charge in [-0.2, -0.15) is 4.31 Å². The molecule has 0 unspecified atom stereocenters. The van der Waals surface area contributed by atoms with Crippen molar-refractivity contribution in [2.45, 2.75) is 31.2 Å². The average molecular weight is 390 g/mol. The molecule has 1 aromatic heterocycles. The maximum absolute atomic E-state index is 12.8. The standard InChI is InChI=1S/C18H22N4O4S/c1-14-6-9-21(10-7-14)27(25,26)16-4-5-17(18(11-16)22(23)24)20-13-15-3-2-8-19-12-15/h2-5,8,11-12,14,20H,6-7,9-10,13H2,1H3. The summed E-state index contributed by atoms with van der Waals surface area (Å²) in [6.07, 6.45) is 4.90. The molecule has 27 heavy (non-hydrogen) atoms. The Hall–Kier alpha value is -2.52. The largest absolute Gasteiger partial charge is 0.375 e. The summed E-state index contributed by atoms with van der Waals surface area (Å²) in [6, 6.07) is 7.64. The molecule has 1 aliphatic rings. The number of hydrogen-bond donors (Lipinski definition) is 1. The Morgan fingerprint density at radius 2 is 2.04 bits per heavy atom. The molecule has 0 aliphatic carbocycles. The molecule has 1 saturated heterocycles. The van der Waals surface area contributed by atoms with E-state index in [1.807, 2.05) is 6.07 Å². The topological polar surface area (TPSA) is 105 Å². The zero-order valence-corrected chi connectivity index (χ0v) is 15.9. The molecule has 1 fully saturated rings. The predicted octanol–water partition coefficient (Wildman–Crippen LogP) is 3.02. The Labute approximate surface area is 158 Å². The van der Waals surface area contributed by atoms with Crippen LogP contribution in [0.5, 0.6) is 0 Å². The van der Waals surface area contributed by atoms with Crippen molar-refractivity contribution in [3.05, 3.63) is 58.4 Å². The van der Waals surface area contributed by atoms with E-state index in [9.17, 15) is 18.5 Å². The average Bonchev–Trinajstić information content (AvgIpc) is 2.67. The van der Waals surface area contributed by atoms with Crippen molar-refractivity contribution in [1.82, 2.24) is 9.29 Å². The van der Waals surface area contributed by atoms with Gasteiger partial charge in [0.25, 0.3) is 5.69 Å². The van der Waals surface area contributed by atoms with E-state index in [0.717, 1.165) is 24.5 Å². The van der Waals surface area contributed by atoms with Crippen molar-refractivity contribution in [3.8, 4) is 0 Å². The zero-order chi connectivity index (χ0) is 19.4. The van der Waals surface area contributed by atoms with Crippen molar-refractivity contribution in [2.24, 2.45) is 5.92 Å². The summed E-state index contributed by atoms with van der Waals surface area (Å²) in [5.74, 6) is 0.491.